The zero-order chi connectivity index (χ0) is 15.1. The number of aromatic nitrogens is 3. The summed E-state index contributed by atoms with van der Waals surface area (Å²) in [6, 6.07) is 15.2. The zero-order valence-electron chi connectivity index (χ0n) is 12.0. The molecule has 0 unspecified atom stereocenters. The van der Waals surface area contributed by atoms with E-state index in [4.69, 9.17) is 0 Å². The minimum absolute atomic E-state index is 0.124. The largest absolute Gasteiger partial charge is 0.306 e. The van der Waals surface area contributed by atoms with E-state index in [9.17, 15) is 4.79 Å². The molecule has 0 amide bonds. The summed E-state index contributed by atoms with van der Waals surface area (Å²) in [6.07, 6.45) is 1.76. The number of pyridine rings is 1. The monoisotopic (exact) mass is 287 g/mol. The van der Waals surface area contributed by atoms with E-state index in [1.54, 1.807) is 12.3 Å². The van der Waals surface area contributed by atoms with Gasteiger partial charge in [0.05, 0.1) is 16.4 Å². The van der Waals surface area contributed by atoms with Crippen LogP contribution in [0.1, 0.15) is 5.56 Å². The number of aromatic amines is 1. The Balaban J connectivity index is 2.12. The van der Waals surface area contributed by atoms with Crippen LogP contribution in [-0.2, 0) is 0 Å². The first kappa shape index (κ1) is 12.7. The highest BCUT2D eigenvalue weighted by molar-refractivity contribution is 5.95. The highest BCUT2D eigenvalue weighted by atomic mass is 16.1. The smallest absolute Gasteiger partial charge is 0.259 e. The first-order valence-electron chi connectivity index (χ1n) is 7.08. The van der Waals surface area contributed by atoms with Gasteiger partial charge in [0.25, 0.3) is 5.56 Å². The number of hydrogen-bond acceptors (Lipinski definition) is 3. The van der Waals surface area contributed by atoms with Gasteiger partial charge in [0.15, 0.2) is 0 Å². The van der Waals surface area contributed by atoms with Gasteiger partial charge in [-0.05, 0) is 36.8 Å². The van der Waals surface area contributed by atoms with Crippen LogP contribution < -0.4 is 5.56 Å². The SMILES string of the molecule is Cc1ccc2ncccc2c1-c1nc2ccccc2c(=O)[nH]1. The molecule has 1 N–H and O–H groups in total. The number of benzene rings is 2. The topological polar surface area (TPSA) is 58.6 Å². The fourth-order valence-corrected chi connectivity index (χ4v) is 2.78. The summed E-state index contributed by atoms with van der Waals surface area (Å²) in [5.41, 5.74) is 3.44. The quantitative estimate of drug-likeness (QED) is 0.583. The third-order valence-corrected chi connectivity index (χ3v) is 3.84. The average molecular weight is 287 g/mol. The lowest BCUT2D eigenvalue weighted by Crippen LogP contribution is -2.10. The van der Waals surface area contributed by atoms with E-state index in [2.05, 4.69) is 15.0 Å². The zero-order valence-corrected chi connectivity index (χ0v) is 12.0. The summed E-state index contributed by atoms with van der Waals surface area (Å²) < 4.78 is 0. The summed E-state index contributed by atoms with van der Waals surface area (Å²) in [5.74, 6) is 0.583. The van der Waals surface area contributed by atoms with E-state index in [1.807, 2.05) is 49.4 Å². The molecule has 4 rings (SSSR count). The van der Waals surface area contributed by atoms with Crippen molar-refractivity contribution in [3.05, 3.63) is 70.6 Å². The second-order valence-electron chi connectivity index (χ2n) is 5.26. The summed E-state index contributed by atoms with van der Waals surface area (Å²) in [4.78, 5) is 24.2. The van der Waals surface area contributed by atoms with Crippen LogP contribution in [0.2, 0.25) is 0 Å². The van der Waals surface area contributed by atoms with Crippen molar-refractivity contribution in [3.63, 3.8) is 0 Å². The van der Waals surface area contributed by atoms with Crippen LogP contribution >= 0.6 is 0 Å². The van der Waals surface area contributed by atoms with Crippen LogP contribution in [0.4, 0.5) is 0 Å². The normalized spacial score (nSPS) is 11.1. The molecule has 0 radical (unpaired) electrons. The summed E-state index contributed by atoms with van der Waals surface area (Å²) in [5, 5.41) is 1.59. The van der Waals surface area contributed by atoms with E-state index in [1.165, 1.54) is 0 Å². The van der Waals surface area contributed by atoms with Crippen LogP contribution in [-0.4, -0.2) is 15.0 Å². The Bertz CT molecular complexity index is 1070. The standard InChI is InChI=1S/C18H13N3O/c1-11-8-9-14-12(6-4-10-19-14)16(11)17-20-15-7-3-2-5-13(15)18(22)21-17/h2-10H,1H3,(H,20,21,22). The van der Waals surface area contributed by atoms with Gasteiger partial charge in [-0.25, -0.2) is 4.98 Å². The predicted molar refractivity (Wildman–Crippen MR) is 87.8 cm³/mol. The van der Waals surface area contributed by atoms with Gasteiger partial charge >= 0.3 is 0 Å². The van der Waals surface area contributed by atoms with Gasteiger partial charge in [0.1, 0.15) is 5.82 Å². The van der Waals surface area contributed by atoms with Crippen molar-refractivity contribution in [1.82, 2.24) is 15.0 Å². The fourth-order valence-electron chi connectivity index (χ4n) is 2.78. The van der Waals surface area contributed by atoms with Crippen molar-refractivity contribution in [1.29, 1.82) is 0 Å². The second kappa shape index (κ2) is 4.77. The maximum absolute atomic E-state index is 12.3. The van der Waals surface area contributed by atoms with Crippen LogP contribution in [0, 0.1) is 6.92 Å². The summed E-state index contributed by atoms with van der Waals surface area (Å²) >= 11 is 0. The fraction of sp³-hybridized carbons (Fsp3) is 0.0556. The molecule has 0 aliphatic heterocycles. The van der Waals surface area contributed by atoms with Crippen molar-refractivity contribution in [2.45, 2.75) is 6.92 Å². The Morgan fingerprint density at radius 3 is 2.64 bits per heavy atom. The minimum Gasteiger partial charge on any atom is -0.306 e. The maximum atomic E-state index is 12.3. The van der Waals surface area contributed by atoms with Crippen molar-refractivity contribution in [3.8, 4) is 11.4 Å². The number of hydrogen-bond donors (Lipinski definition) is 1. The Morgan fingerprint density at radius 2 is 1.73 bits per heavy atom. The average Bonchev–Trinajstić information content (AvgIpc) is 2.54. The Kier molecular flexibility index (Phi) is 2.76. The number of nitrogens with one attached hydrogen (secondary N) is 1. The first-order valence-corrected chi connectivity index (χ1v) is 7.08. The Hall–Kier alpha value is -3.01. The Labute approximate surface area is 126 Å². The molecule has 0 aliphatic carbocycles. The second-order valence-corrected chi connectivity index (χ2v) is 5.26. The number of rotatable bonds is 1. The molecule has 0 spiro atoms. The third-order valence-electron chi connectivity index (χ3n) is 3.84. The van der Waals surface area contributed by atoms with Crippen LogP contribution in [0.3, 0.4) is 0 Å². The lowest BCUT2D eigenvalue weighted by atomic mass is 10.0. The van der Waals surface area contributed by atoms with Gasteiger partial charge in [-0.3, -0.25) is 9.78 Å². The molecule has 22 heavy (non-hydrogen) atoms. The van der Waals surface area contributed by atoms with Gasteiger partial charge in [-0.15, -0.1) is 0 Å². The van der Waals surface area contributed by atoms with Gasteiger partial charge in [-0.1, -0.05) is 24.3 Å². The van der Waals surface area contributed by atoms with E-state index < -0.39 is 0 Å². The maximum Gasteiger partial charge on any atom is 0.259 e. The highest BCUT2D eigenvalue weighted by Crippen LogP contribution is 2.28. The van der Waals surface area contributed by atoms with Crippen LogP contribution in [0.25, 0.3) is 33.2 Å². The molecule has 4 heteroatoms. The number of aryl methyl sites for hydroxylation is 1. The molecular weight excluding hydrogens is 274 g/mol. The molecule has 4 nitrogen and oxygen atoms in total. The molecule has 0 atom stereocenters. The molecule has 2 aromatic heterocycles. The molecule has 106 valence electrons. The molecule has 0 bridgehead atoms. The summed E-state index contributed by atoms with van der Waals surface area (Å²) in [7, 11) is 0. The molecule has 2 aromatic carbocycles. The third kappa shape index (κ3) is 1.89. The van der Waals surface area contributed by atoms with Gasteiger partial charge < -0.3 is 4.98 Å². The number of fused-ring (bicyclic) bond motifs is 2. The van der Waals surface area contributed by atoms with Gasteiger partial charge in [0.2, 0.25) is 0 Å². The molecular formula is C18H13N3O. The predicted octanol–water partition coefficient (Wildman–Crippen LogP) is 3.45. The van der Waals surface area contributed by atoms with Crippen LogP contribution in [0.5, 0.6) is 0 Å². The van der Waals surface area contributed by atoms with Crippen LogP contribution in [0.15, 0.2) is 59.5 Å². The molecule has 0 saturated carbocycles. The van der Waals surface area contributed by atoms with Crippen molar-refractivity contribution in [2.24, 2.45) is 0 Å². The lowest BCUT2D eigenvalue weighted by molar-refractivity contribution is 1.17. The molecule has 0 fully saturated rings. The van der Waals surface area contributed by atoms with Crippen molar-refractivity contribution >= 4 is 21.8 Å². The van der Waals surface area contributed by atoms with E-state index in [0.717, 1.165) is 22.0 Å². The van der Waals surface area contributed by atoms with E-state index >= 15 is 0 Å². The minimum atomic E-state index is -0.124. The Morgan fingerprint density at radius 1 is 0.909 bits per heavy atom. The van der Waals surface area contributed by atoms with Crippen molar-refractivity contribution < 1.29 is 0 Å². The molecule has 2 heterocycles. The van der Waals surface area contributed by atoms with E-state index in [-0.39, 0.29) is 5.56 Å². The first-order chi connectivity index (χ1) is 10.7. The number of nitrogens with zero attached hydrogens (tertiary/aromatic N) is 2. The molecule has 0 saturated heterocycles. The summed E-state index contributed by atoms with van der Waals surface area (Å²) in [6.45, 7) is 2.01. The number of para-hydroxylation sites is 1. The van der Waals surface area contributed by atoms with E-state index in [0.29, 0.717) is 16.7 Å². The number of H-pyrrole nitrogens is 1. The van der Waals surface area contributed by atoms with Gasteiger partial charge in [0, 0.05) is 17.1 Å². The van der Waals surface area contributed by atoms with Gasteiger partial charge in [-0.2, -0.15) is 0 Å². The molecule has 4 aromatic rings. The lowest BCUT2D eigenvalue weighted by Gasteiger charge is -2.10. The highest BCUT2D eigenvalue weighted by Gasteiger charge is 2.12. The molecule has 0 aliphatic rings. The van der Waals surface area contributed by atoms with Crippen molar-refractivity contribution in [2.75, 3.05) is 0 Å².